The molecule has 1 aliphatic carbocycles. The third-order valence-corrected chi connectivity index (χ3v) is 10.9. The molecule has 244 valence electrons. The van der Waals surface area contributed by atoms with Crippen molar-refractivity contribution in [2.75, 3.05) is 0 Å². The van der Waals surface area contributed by atoms with Crippen molar-refractivity contribution in [3.05, 3.63) is 188 Å². The maximum Gasteiger partial charge on any atom is 0.240 e. The highest BCUT2D eigenvalue weighted by Gasteiger charge is 2.31. The maximum atomic E-state index is 13.8. The molecule has 0 saturated heterocycles. The summed E-state index contributed by atoms with van der Waals surface area (Å²) >= 11 is 15.9. The average molecular weight is 736 g/mol. The lowest BCUT2D eigenvalue weighted by atomic mass is 10.0. The lowest BCUT2D eigenvalue weighted by molar-refractivity contribution is -0.296. The van der Waals surface area contributed by atoms with Crippen LogP contribution >= 0.6 is 46.3 Å². The number of hydrogen-bond acceptors (Lipinski definition) is 4. The van der Waals surface area contributed by atoms with Gasteiger partial charge in [0.1, 0.15) is 11.6 Å². The summed E-state index contributed by atoms with van der Waals surface area (Å²) in [5.74, 6) is -3.30. The van der Waals surface area contributed by atoms with Crippen LogP contribution in [0.3, 0.4) is 0 Å². The van der Waals surface area contributed by atoms with Crippen LogP contribution in [0.5, 0.6) is 0 Å². The Morgan fingerprint density at radius 1 is 0.640 bits per heavy atom. The Bertz CT molecular complexity index is 2370. The molecule has 4 aromatic carbocycles. The molecule has 5 aromatic rings. The molecule has 0 spiro atoms. The van der Waals surface area contributed by atoms with Crippen LogP contribution in [0, 0.1) is 11.6 Å². The molecule has 1 aliphatic heterocycles. The van der Waals surface area contributed by atoms with Crippen LogP contribution in [-0.4, -0.2) is 11.6 Å². The van der Waals surface area contributed by atoms with E-state index in [0.29, 0.717) is 21.2 Å². The van der Waals surface area contributed by atoms with Gasteiger partial charge in [-0.05, 0) is 95.6 Å². The number of Topliss-reactive ketones (excluding diaryl/α,β-unsaturated/α-hetero) is 2. The molecule has 0 unspecified atom stereocenters. The number of hydrogen-bond donors (Lipinski definition) is 0. The summed E-state index contributed by atoms with van der Waals surface area (Å²) in [6.45, 7) is 0. The topological polar surface area (TPSA) is 57.2 Å². The van der Waals surface area contributed by atoms with Crippen LogP contribution in [0.2, 0.25) is 10.0 Å². The SMILES string of the molecule is O=C1C(=O)/C(=C/c2cc(-c3ccc(F)cc3)[s+]c(-c3ccccc3Cl)c2)C([O-])=C1/C=C1/C=C(c2ccc(F)cc2)SC(c2ccccc2Cl)=C1. The van der Waals surface area contributed by atoms with E-state index in [9.17, 15) is 23.5 Å². The number of halogens is 4. The lowest BCUT2D eigenvalue weighted by Gasteiger charge is -2.18. The van der Waals surface area contributed by atoms with E-state index >= 15 is 0 Å². The zero-order valence-corrected chi connectivity index (χ0v) is 28.9. The van der Waals surface area contributed by atoms with Crippen molar-refractivity contribution in [1.29, 1.82) is 0 Å². The summed E-state index contributed by atoms with van der Waals surface area (Å²) < 4.78 is 27.5. The van der Waals surface area contributed by atoms with E-state index in [4.69, 9.17) is 23.2 Å². The normalized spacial score (nSPS) is 16.3. The van der Waals surface area contributed by atoms with Gasteiger partial charge in [0.05, 0.1) is 10.6 Å². The highest BCUT2D eigenvalue weighted by molar-refractivity contribution is 8.16. The third-order valence-electron chi connectivity index (χ3n) is 7.97. The van der Waals surface area contributed by atoms with Gasteiger partial charge in [0.25, 0.3) is 0 Å². The van der Waals surface area contributed by atoms with E-state index in [0.717, 1.165) is 41.8 Å². The molecule has 2 aliphatic rings. The number of thioether (sulfide) groups is 1. The minimum Gasteiger partial charge on any atom is -0.871 e. The van der Waals surface area contributed by atoms with Crippen LogP contribution in [0.25, 0.3) is 36.8 Å². The number of allylic oxidation sites excluding steroid dienone is 6. The summed E-state index contributed by atoms with van der Waals surface area (Å²) in [4.78, 5) is 29.7. The molecule has 9 heteroatoms. The molecule has 0 saturated carbocycles. The monoisotopic (exact) mass is 734 g/mol. The van der Waals surface area contributed by atoms with Crippen molar-refractivity contribution in [2.24, 2.45) is 0 Å². The summed E-state index contributed by atoms with van der Waals surface area (Å²) in [5.41, 5.74) is 3.37. The largest absolute Gasteiger partial charge is 0.871 e. The minimum atomic E-state index is -0.916. The first-order chi connectivity index (χ1) is 24.1. The van der Waals surface area contributed by atoms with E-state index in [2.05, 4.69) is 0 Å². The molecular weight excluding hydrogens is 713 g/mol. The molecule has 1 aromatic heterocycles. The first kappa shape index (κ1) is 33.6. The number of carbonyl (C=O) groups excluding carboxylic acids is 2. The fourth-order valence-corrected chi connectivity index (χ4v) is 8.43. The molecule has 2 heterocycles. The average Bonchev–Trinajstić information content (AvgIpc) is 3.31. The predicted octanol–water partition coefficient (Wildman–Crippen LogP) is 10.9. The molecule has 0 bridgehead atoms. The Morgan fingerprint density at radius 2 is 1.20 bits per heavy atom. The molecule has 7 rings (SSSR count). The predicted molar refractivity (Wildman–Crippen MR) is 199 cm³/mol. The maximum absolute atomic E-state index is 13.8. The third kappa shape index (κ3) is 6.91. The second kappa shape index (κ2) is 14.1. The number of carbonyl (C=O) groups is 2. The van der Waals surface area contributed by atoms with E-state index in [-0.39, 0.29) is 22.8 Å². The Balaban J connectivity index is 1.34. The molecule has 0 N–H and O–H groups in total. The summed E-state index contributed by atoms with van der Waals surface area (Å²) in [6.07, 6.45) is 6.40. The molecule has 50 heavy (non-hydrogen) atoms. The molecule has 0 radical (unpaired) electrons. The van der Waals surface area contributed by atoms with Crippen molar-refractivity contribution in [2.45, 2.75) is 0 Å². The van der Waals surface area contributed by atoms with Crippen molar-refractivity contribution >= 4 is 73.8 Å². The molecule has 3 nitrogen and oxygen atoms in total. The zero-order chi connectivity index (χ0) is 34.9. The van der Waals surface area contributed by atoms with Crippen LogP contribution < -0.4 is 5.11 Å². The highest BCUT2D eigenvalue weighted by atomic mass is 35.5. The molecule has 0 atom stereocenters. The highest BCUT2D eigenvalue weighted by Crippen LogP contribution is 2.46. The van der Waals surface area contributed by atoms with Gasteiger partial charge < -0.3 is 5.11 Å². The second-order valence-electron chi connectivity index (χ2n) is 11.3. The smallest absolute Gasteiger partial charge is 0.240 e. The Labute approximate surface area is 304 Å². The van der Waals surface area contributed by atoms with Crippen molar-refractivity contribution in [1.82, 2.24) is 0 Å². The first-order valence-corrected chi connectivity index (χ1v) is 17.6. The van der Waals surface area contributed by atoms with Crippen molar-refractivity contribution in [3.63, 3.8) is 0 Å². The van der Waals surface area contributed by atoms with Crippen LogP contribution in [0.4, 0.5) is 8.78 Å². The fraction of sp³-hybridized carbons (Fsp3) is 0. The number of benzene rings is 4. The summed E-state index contributed by atoms with van der Waals surface area (Å²) in [7, 11) is 0. The fourth-order valence-electron chi connectivity index (χ4n) is 5.50. The van der Waals surface area contributed by atoms with Crippen LogP contribution in [-0.2, 0) is 9.59 Å². The molecule has 0 amide bonds. The van der Waals surface area contributed by atoms with E-state index in [1.807, 2.05) is 36.4 Å². The van der Waals surface area contributed by atoms with Crippen LogP contribution in [0.15, 0.2) is 150 Å². The van der Waals surface area contributed by atoms with Gasteiger partial charge in [-0.1, -0.05) is 83.2 Å². The lowest BCUT2D eigenvalue weighted by Crippen LogP contribution is -2.10. The van der Waals surface area contributed by atoms with Gasteiger partial charge in [-0.3, -0.25) is 9.59 Å². The zero-order valence-electron chi connectivity index (χ0n) is 25.8. The standard InChI is InChI=1S/C41H22Cl2F2O3S2/c42-33-7-3-1-5-29(33)37-21-23(19-35(49-37)25-9-13-27(44)14-10-25)17-31-39(46)32(41(48)40(31)47)18-24-20-36(26-11-15-28(45)16-12-26)50-38(22-24)30-6-2-4-8-34(30)43/h1-22H. The Morgan fingerprint density at radius 3 is 1.84 bits per heavy atom. The van der Waals surface area contributed by atoms with Gasteiger partial charge in [0.2, 0.25) is 32.7 Å². The Kier molecular flexibility index (Phi) is 9.49. The first-order valence-electron chi connectivity index (χ1n) is 15.2. The van der Waals surface area contributed by atoms with Gasteiger partial charge in [-0.2, -0.15) is 0 Å². The minimum absolute atomic E-state index is 0.267. The van der Waals surface area contributed by atoms with Gasteiger partial charge in [-0.25, -0.2) is 8.78 Å². The number of rotatable bonds is 6. The van der Waals surface area contributed by atoms with Gasteiger partial charge in [-0.15, -0.1) is 0 Å². The van der Waals surface area contributed by atoms with Gasteiger partial charge in [0.15, 0.2) is 0 Å². The Hall–Kier alpha value is -4.92. The van der Waals surface area contributed by atoms with Crippen molar-refractivity contribution < 1.29 is 23.5 Å². The quantitative estimate of drug-likeness (QED) is 0.0990. The van der Waals surface area contributed by atoms with E-state index in [1.165, 1.54) is 59.5 Å². The van der Waals surface area contributed by atoms with Gasteiger partial charge >= 0.3 is 0 Å². The molecule has 0 fully saturated rings. The molecular formula is C41H22Cl2F2O3S2. The summed E-state index contributed by atoms with van der Waals surface area (Å²) in [5, 5.41) is 14.9. The van der Waals surface area contributed by atoms with E-state index < -0.39 is 17.3 Å². The second-order valence-corrected chi connectivity index (χ2v) is 14.3. The van der Waals surface area contributed by atoms with Gasteiger partial charge in [0, 0.05) is 49.2 Å². The number of ketones is 2. The van der Waals surface area contributed by atoms with E-state index in [1.54, 1.807) is 60.7 Å². The summed E-state index contributed by atoms with van der Waals surface area (Å²) in [6, 6.07) is 30.1. The van der Waals surface area contributed by atoms with Crippen LogP contribution in [0.1, 0.15) is 16.7 Å². The van der Waals surface area contributed by atoms with Crippen molar-refractivity contribution in [3.8, 4) is 20.9 Å².